The molecule has 2 heterocycles. The summed E-state index contributed by atoms with van der Waals surface area (Å²) in [5, 5.41) is 4.13. The molecule has 0 unspecified atom stereocenters. The minimum Gasteiger partial charge on any atom is -0.360 e. The first-order chi connectivity index (χ1) is 8.09. The van der Waals surface area contributed by atoms with E-state index in [0.29, 0.717) is 19.1 Å². The molecule has 0 radical (unpaired) electrons. The van der Waals surface area contributed by atoms with Crippen LogP contribution in [-0.4, -0.2) is 34.9 Å². The topological polar surface area (TPSA) is 56.3 Å². The van der Waals surface area contributed by atoms with Crippen molar-refractivity contribution in [3.05, 3.63) is 5.82 Å². The molecule has 1 fully saturated rings. The zero-order valence-electron chi connectivity index (χ0n) is 10.5. The Hall–Kier alpha value is -0.720. The zero-order valence-corrected chi connectivity index (χ0v) is 11.3. The molecule has 5 nitrogen and oxygen atoms in total. The van der Waals surface area contributed by atoms with E-state index in [1.807, 2.05) is 6.92 Å². The van der Waals surface area contributed by atoms with Crippen LogP contribution >= 0.6 is 11.5 Å². The molecule has 0 amide bonds. The van der Waals surface area contributed by atoms with E-state index < -0.39 is 5.79 Å². The third kappa shape index (κ3) is 3.37. The quantitative estimate of drug-likeness (QED) is 0.876. The van der Waals surface area contributed by atoms with Gasteiger partial charge in [-0.3, -0.25) is 0 Å². The Morgan fingerprint density at radius 3 is 2.71 bits per heavy atom. The molecule has 0 spiro atoms. The molecule has 96 valence electrons. The van der Waals surface area contributed by atoms with Crippen LogP contribution in [-0.2, 0) is 9.47 Å². The van der Waals surface area contributed by atoms with Crippen LogP contribution in [0.15, 0.2) is 0 Å². The van der Waals surface area contributed by atoms with Crippen LogP contribution in [0.4, 0.5) is 5.13 Å². The lowest BCUT2D eigenvalue weighted by atomic mass is 10.2. The van der Waals surface area contributed by atoms with Gasteiger partial charge in [-0.25, -0.2) is 4.98 Å². The number of hydrogen-bond donors (Lipinski definition) is 1. The van der Waals surface area contributed by atoms with E-state index in [1.54, 1.807) is 0 Å². The van der Waals surface area contributed by atoms with Gasteiger partial charge in [-0.05, 0) is 6.92 Å². The normalized spacial score (nSPS) is 18.8. The minimum absolute atomic E-state index is 0.376. The Labute approximate surface area is 106 Å². The Morgan fingerprint density at radius 1 is 1.41 bits per heavy atom. The lowest BCUT2D eigenvalue weighted by molar-refractivity contribution is -0.144. The summed E-state index contributed by atoms with van der Waals surface area (Å²) in [5.41, 5.74) is 0. The van der Waals surface area contributed by atoms with E-state index in [-0.39, 0.29) is 0 Å². The molecular weight excluding hydrogens is 238 g/mol. The Bertz CT molecular complexity index is 361. The molecule has 1 saturated heterocycles. The summed E-state index contributed by atoms with van der Waals surface area (Å²) in [5.74, 6) is 0.844. The van der Waals surface area contributed by atoms with Crippen LogP contribution < -0.4 is 5.32 Å². The Kier molecular flexibility index (Phi) is 3.96. The number of nitrogens with zero attached hydrogens (tertiary/aromatic N) is 2. The van der Waals surface area contributed by atoms with Gasteiger partial charge in [-0.1, -0.05) is 13.8 Å². The van der Waals surface area contributed by atoms with Crippen LogP contribution in [0.2, 0.25) is 0 Å². The van der Waals surface area contributed by atoms with Crippen molar-refractivity contribution in [2.75, 3.05) is 25.1 Å². The van der Waals surface area contributed by atoms with Gasteiger partial charge in [0.25, 0.3) is 0 Å². The number of nitrogens with one attached hydrogen (secondary N) is 1. The second-order valence-electron chi connectivity index (χ2n) is 4.62. The van der Waals surface area contributed by atoms with Gasteiger partial charge in [-0.15, -0.1) is 0 Å². The molecule has 6 heteroatoms. The van der Waals surface area contributed by atoms with Crippen LogP contribution in [0.5, 0.6) is 0 Å². The molecular formula is C11H19N3O2S. The van der Waals surface area contributed by atoms with Crippen LogP contribution in [0.3, 0.4) is 0 Å². The van der Waals surface area contributed by atoms with Gasteiger partial charge in [0.1, 0.15) is 5.82 Å². The van der Waals surface area contributed by atoms with Crippen LogP contribution in [0, 0.1) is 0 Å². The maximum Gasteiger partial charge on any atom is 0.202 e. The molecule has 1 aromatic heterocycles. The first-order valence-electron chi connectivity index (χ1n) is 5.94. The molecule has 0 aliphatic carbocycles. The fourth-order valence-electron chi connectivity index (χ4n) is 1.64. The molecule has 1 N–H and O–H groups in total. The van der Waals surface area contributed by atoms with Crippen LogP contribution in [0.1, 0.15) is 38.9 Å². The molecule has 2 rings (SSSR count). The highest BCUT2D eigenvalue weighted by atomic mass is 32.1. The van der Waals surface area contributed by atoms with Crippen molar-refractivity contribution in [1.82, 2.24) is 9.36 Å². The monoisotopic (exact) mass is 257 g/mol. The number of rotatable bonds is 5. The first kappa shape index (κ1) is 12.7. The maximum absolute atomic E-state index is 5.53. The van der Waals surface area contributed by atoms with Crippen molar-refractivity contribution in [1.29, 1.82) is 0 Å². The summed E-state index contributed by atoms with van der Waals surface area (Å²) in [6.07, 6.45) is 0.809. The van der Waals surface area contributed by atoms with Gasteiger partial charge in [0.05, 0.1) is 13.2 Å². The first-order valence-corrected chi connectivity index (χ1v) is 6.72. The van der Waals surface area contributed by atoms with E-state index in [0.717, 1.165) is 23.9 Å². The van der Waals surface area contributed by atoms with Crippen molar-refractivity contribution >= 4 is 16.7 Å². The number of aromatic nitrogens is 2. The van der Waals surface area contributed by atoms with Crippen molar-refractivity contribution in [2.24, 2.45) is 0 Å². The number of ether oxygens (including phenoxy) is 2. The molecule has 0 atom stereocenters. The molecule has 0 aromatic carbocycles. The highest BCUT2D eigenvalue weighted by Crippen LogP contribution is 2.23. The third-order valence-corrected chi connectivity index (χ3v) is 3.40. The van der Waals surface area contributed by atoms with Crippen molar-refractivity contribution in [2.45, 2.75) is 38.9 Å². The summed E-state index contributed by atoms with van der Waals surface area (Å²) < 4.78 is 15.3. The molecule has 17 heavy (non-hydrogen) atoms. The van der Waals surface area contributed by atoms with Gasteiger partial charge in [0, 0.05) is 30.4 Å². The second-order valence-corrected chi connectivity index (χ2v) is 5.37. The fraction of sp³-hybridized carbons (Fsp3) is 0.818. The van der Waals surface area contributed by atoms with Gasteiger partial charge in [0.2, 0.25) is 5.13 Å². The van der Waals surface area contributed by atoms with E-state index in [1.165, 1.54) is 11.5 Å². The smallest absolute Gasteiger partial charge is 0.202 e. The summed E-state index contributed by atoms with van der Waals surface area (Å²) in [6, 6.07) is 0. The Balaban J connectivity index is 1.77. The fourth-order valence-corrected chi connectivity index (χ4v) is 2.37. The van der Waals surface area contributed by atoms with Crippen molar-refractivity contribution < 1.29 is 9.47 Å². The summed E-state index contributed by atoms with van der Waals surface area (Å²) in [4.78, 5) is 4.41. The lowest BCUT2D eigenvalue weighted by Gasteiger charge is -2.21. The average molecular weight is 257 g/mol. The van der Waals surface area contributed by atoms with Gasteiger partial charge < -0.3 is 14.8 Å². The SMILES string of the molecule is CC(C)c1nsc(NCCC2(C)OCCO2)n1. The van der Waals surface area contributed by atoms with Gasteiger partial charge in [-0.2, -0.15) is 4.37 Å². The minimum atomic E-state index is -0.432. The Morgan fingerprint density at radius 2 is 2.12 bits per heavy atom. The highest BCUT2D eigenvalue weighted by molar-refractivity contribution is 7.09. The van der Waals surface area contributed by atoms with E-state index in [4.69, 9.17) is 9.47 Å². The number of anilines is 1. The third-order valence-electron chi connectivity index (χ3n) is 2.71. The maximum atomic E-state index is 5.53. The largest absolute Gasteiger partial charge is 0.360 e. The van der Waals surface area contributed by atoms with Gasteiger partial charge in [0.15, 0.2) is 5.79 Å². The predicted octanol–water partition coefficient (Wildman–Crippen LogP) is 2.23. The van der Waals surface area contributed by atoms with E-state index in [2.05, 4.69) is 28.5 Å². The molecule has 1 aliphatic rings. The summed E-state index contributed by atoms with van der Waals surface area (Å²) in [7, 11) is 0. The predicted molar refractivity (Wildman–Crippen MR) is 67.4 cm³/mol. The molecule has 1 aliphatic heterocycles. The molecule has 0 bridgehead atoms. The molecule has 1 aromatic rings. The van der Waals surface area contributed by atoms with E-state index in [9.17, 15) is 0 Å². The summed E-state index contributed by atoms with van der Waals surface area (Å²) >= 11 is 1.41. The van der Waals surface area contributed by atoms with Gasteiger partial charge >= 0.3 is 0 Å². The zero-order chi connectivity index (χ0) is 12.3. The summed E-state index contributed by atoms with van der Waals surface area (Å²) in [6.45, 7) is 8.31. The van der Waals surface area contributed by atoms with E-state index >= 15 is 0 Å². The van der Waals surface area contributed by atoms with Crippen LogP contribution in [0.25, 0.3) is 0 Å². The number of hydrogen-bond acceptors (Lipinski definition) is 6. The highest BCUT2D eigenvalue weighted by Gasteiger charge is 2.30. The average Bonchev–Trinajstić information content (AvgIpc) is 2.88. The standard InChI is InChI=1S/C11H19N3O2S/c1-8(2)9-13-10(17-14-9)12-5-4-11(3)15-6-7-16-11/h8H,4-7H2,1-3H3,(H,12,13,14). The molecule has 0 saturated carbocycles. The van der Waals surface area contributed by atoms with Crippen molar-refractivity contribution in [3.63, 3.8) is 0 Å². The van der Waals surface area contributed by atoms with Crippen molar-refractivity contribution in [3.8, 4) is 0 Å². The lowest BCUT2D eigenvalue weighted by Crippen LogP contribution is -2.28. The second kappa shape index (κ2) is 5.29.